The third-order valence-corrected chi connectivity index (χ3v) is 2.76. The van der Waals surface area contributed by atoms with Gasteiger partial charge in [-0.3, -0.25) is 0 Å². The largest absolute Gasteiger partial charge is 0.368 e. The Kier molecular flexibility index (Phi) is 5.20. The van der Waals surface area contributed by atoms with Crippen LogP contribution in [0.4, 0.5) is 0 Å². The fraction of sp³-hybridized carbons (Fsp3) is 0.600. The SMILES string of the molecule is CC(C)c1cc(Cl)cc(CC(O)OC(C)(C)C)c1. The monoisotopic (exact) mass is 270 g/mol. The van der Waals surface area contributed by atoms with Crippen molar-refractivity contribution in [3.8, 4) is 0 Å². The maximum absolute atomic E-state index is 9.89. The quantitative estimate of drug-likeness (QED) is 0.834. The van der Waals surface area contributed by atoms with Gasteiger partial charge in [0.2, 0.25) is 0 Å². The summed E-state index contributed by atoms with van der Waals surface area (Å²) < 4.78 is 5.49. The highest BCUT2D eigenvalue weighted by atomic mass is 35.5. The van der Waals surface area contributed by atoms with Crippen molar-refractivity contribution in [3.05, 3.63) is 34.3 Å². The highest BCUT2D eigenvalue weighted by Gasteiger charge is 2.17. The molecule has 18 heavy (non-hydrogen) atoms. The Labute approximate surface area is 115 Å². The maximum Gasteiger partial charge on any atom is 0.159 e. The van der Waals surface area contributed by atoms with Gasteiger partial charge in [0.25, 0.3) is 0 Å². The van der Waals surface area contributed by atoms with Gasteiger partial charge >= 0.3 is 0 Å². The molecule has 0 aromatic heterocycles. The van der Waals surface area contributed by atoms with Crippen LogP contribution in [-0.4, -0.2) is 17.0 Å². The minimum atomic E-state index is -0.802. The Morgan fingerprint density at radius 3 is 2.33 bits per heavy atom. The van der Waals surface area contributed by atoms with Crippen molar-refractivity contribution in [2.75, 3.05) is 0 Å². The minimum absolute atomic E-state index is 0.348. The first-order valence-electron chi connectivity index (χ1n) is 6.32. The first-order valence-corrected chi connectivity index (χ1v) is 6.70. The lowest BCUT2D eigenvalue weighted by Gasteiger charge is -2.24. The third-order valence-electron chi connectivity index (χ3n) is 2.55. The molecule has 0 radical (unpaired) electrons. The summed E-state index contributed by atoms with van der Waals surface area (Å²) in [5.41, 5.74) is 1.84. The first-order chi connectivity index (χ1) is 8.17. The molecule has 1 rings (SSSR count). The van der Waals surface area contributed by atoms with Gasteiger partial charge in [-0.1, -0.05) is 31.5 Å². The van der Waals surface area contributed by atoms with Crippen molar-refractivity contribution < 1.29 is 9.84 Å². The van der Waals surface area contributed by atoms with Crippen molar-refractivity contribution in [1.82, 2.24) is 0 Å². The molecule has 3 heteroatoms. The molecule has 0 amide bonds. The topological polar surface area (TPSA) is 29.5 Å². The molecule has 0 bridgehead atoms. The fourth-order valence-corrected chi connectivity index (χ4v) is 2.04. The van der Waals surface area contributed by atoms with Crippen LogP contribution in [0.25, 0.3) is 0 Å². The molecule has 1 N–H and O–H groups in total. The third kappa shape index (κ3) is 5.38. The van der Waals surface area contributed by atoms with E-state index in [2.05, 4.69) is 19.9 Å². The fourth-order valence-electron chi connectivity index (χ4n) is 1.78. The Balaban J connectivity index is 2.78. The number of hydrogen-bond donors (Lipinski definition) is 1. The predicted molar refractivity (Wildman–Crippen MR) is 76.1 cm³/mol. The molecule has 0 heterocycles. The van der Waals surface area contributed by atoms with Crippen LogP contribution < -0.4 is 0 Å². The molecule has 0 saturated carbocycles. The van der Waals surface area contributed by atoms with E-state index in [-0.39, 0.29) is 5.60 Å². The molecule has 1 atom stereocenters. The van der Waals surface area contributed by atoms with Gasteiger partial charge in [0.1, 0.15) is 0 Å². The summed E-state index contributed by atoms with van der Waals surface area (Å²) >= 11 is 6.09. The van der Waals surface area contributed by atoms with Crippen molar-refractivity contribution in [3.63, 3.8) is 0 Å². The number of benzene rings is 1. The predicted octanol–water partition coefficient (Wildman–Crippen LogP) is 4.14. The van der Waals surface area contributed by atoms with E-state index in [4.69, 9.17) is 16.3 Å². The van der Waals surface area contributed by atoms with Gasteiger partial charge in [-0.25, -0.2) is 0 Å². The van der Waals surface area contributed by atoms with Crippen LogP contribution in [0.5, 0.6) is 0 Å². The van der Waals surface area contributed by atoms with E-state index in [1.54, 1.807) is 0 Å². The van der Waals surface area contributed by atoms with Gasteiger partial charge in [0.15, 0.2) is 6.29 Å². The van der Waals surface area contributed by atoms with E-state index < -0.39 is 6.29 Å². The standard InChI is InChI=1S/C15H23ClO2/c1-10(2)12-6-11(7-13(16)9-12)8-14(17)18-15(3,4)5/h6-7,9-10,14,17H,8H2,1-5H3. The van der Waals surface area contributed by atoms with E-state index in [9.17, 15) is 5.11 Å². The molecule has 1 aromatic carbocycles. The average molecular weight is 271 g/mol. The number of aliphatic hydroxyl groups is 1. The second-order valence-corrected chi connectivity index (χ2v) is 6.37. The summed E-state index contributed by atoms with van der Waals surface area (Å²) in [7, 11) is 0. The van der Waals surface area contributed by atoms with Crippen LogP contribution in [0.15, 0.2) is 18.2 Å². The Hall–Kier alpha value is -0.570. The van der Waals surface area contributed by atoms with Gasteiger partial charge < -0.3 is 9.84 Å². The smallest absolute Gasteiger partial charge is 0.159 e. The van der Waals surface area contributed by atoms with E-state index in [1.165, 1.54) is 5.56 Å². The lowest BCUT2D eigenvalue weighted by Crippen LogP contribution is -2.28. The minimum Gasteiger partial charge on any atom is -0.368 e. The van der Waals surface area contributed by atoms with Crippen molar-refractivity contribution in [2.24, 2.45) is 0 Å². The second kappa shape index (κ2) is 6.05. The Morgan fingerprint density at radius 1 is 1.22 bits per heavy atom. The maximum atomic E-state index is 9.89. The molecule has 1 aromatic rings. The van der Waals surface area contributed by atoms with Crippen LogP contribution in [0.2, 0.25) is 5.02 Å². The molecular formula is C15H23ClO2. The lowest BCUT2D eigenvalue weighted by molar-refractivity contribution is -0.163. The van der Waals surface area contributed by atoms with Crippen LogP contribution in [0, 0.1) is 0 Å². The summed E-state index contributed by atoms with van der Waals surface area (Å²) in [6, 6.07) is 5.92. The zero-order valence-electron chi connectivity index (χ0n) is 11.8. The van der Waals surface area contributed by atoms with E-state index >= 15 is 0 Å². The molecule has 0 aliphatic heterocycles. The average Bonchev–Trinajstić information content (AvgIpc) is 2.12. The molecule has 102 valence electrons. The van der Waals surface area contributed by atoms with Gasteiger partial charge in [-0.15, -0.1) is 0 Å². The normalized spacial score (nSPS) is 14.0. The zero-order valence-corrected chi connectivity index (χ0v) is 12.6. The lowest BCUT2D eigenvalue weighted by atomic mass is 9.99. The van der Waals surface area contributed by atoms with Gasteiger partial charge in [0.05, 0.1) is 5.60 Å². The van der Waals surface area contributed by atoms with Crippen LogP contribution in [0.1, 0.15) is 51.7 Å². The van der Waals surface area contributed by atoms with Gasteiger partial charge in [-0.2, -0.15) is 0 Å². The first kappa shape index (κ1) is 15.5. The summed E-state index contributed by atoms with van der Waals surface area (Å²) in [4.78, 5) is 0. The zero-order chi connectivity index (χ0) is 13.9. The van der Waals surface area contributed by atoms with Gasteiger partial charge in [0, 0.05) is 11.4 Å². The molecular weight excluding hydrogens is 248 g/mol. The highest BCUT2D eigenvalue weighted by molar-refractivity contribution is 6.30. The molecule has 0 spiro atoms. The summed E-state index contributed by atoms with van der Waals surface area (Å²) in [6.07, 6.45) is -0.346. The number of halogens is 1. The molecule has 0 saturated heterocycles. The van der Waals surface area contributed by atoms with Crippen molar-refractivity contribution in [1.29, 1.82) is 0 Å². The molecule has 1 unspecified atom stereocenters. The highest BCUT2D eigenvalue weighted by Crippen LogP contribution is 2.23. The van der Waals surface area contributed by atoms with Crippen molar-refractivity contribution >= 4 is 11.6 Å². The molecule has 0 aliphatic carbocycles. The number of rotatable bonds is 4. The summed E-state index contributed by atoms with van der Waals surface area (Å²) in [6.45, 7) is 10.0. The van der Waals surface area contributed by atoms with Gasteiger partial charge in [-0.05, 0) is 49.9 Å². The van der Waals surface area contributed by atoms with Crippen LogP contribution in [-0.2, 0) is 11.2 Å². The van der Waals surface area contributed by atoms with E-state index in [0.29, 0.717) is 17.4 Å². The molecule has 2 nitrogen and oxygen atoms in total. The Morgan fingerprint density at radius 2 is 1.83 bits per heavy atom. The van der Waals surface area contributed by atoms with Crippen LogP contribution >= 0.6 is 11.6 Å². The second-order valence-electron chi connectivity index (χ2n) is 5.94. The van der Waals surface area contributed by atoms with Crippen molar-refractivity contribution in [2.45, 2.75) is 58.8 Å². The number of hydrogen-bond acceptors (Lipinski definition) is 2. The summed E-state index contributed by atoms with van der Waals surface area (Å²) in [5, 5.41) is 10.6. The number of ether oxygens (including phenoxy) is 1. The van der Waals surface area contributed by atoms with E-state index in [1.807, 2.05) is 32.9 Å². The van der Waals surface area contributed by atoms with Crippen LogP contribution in [0.3, 0.4) is 0 Å². The molecule has 0 fully saturated rings. The van der Waals surface area contributed by atoms with E-state index in [0.717, 1.165) is 5.56 Å². The number of aliphatic hydroxyl groups excluding tert-OH is 1. The summed E-state index contributed by atoms with van der Waals surface area (Å²) in [5.74, 6) is 0.420. The molecule has 0 aliphatic rings. The Bertz CT molecular complexity index is 394.